The van der Waals surface area contributed by atoms with Crippen LogP contribution in [0, 0.1) is 6.92 Å². The van der Waals surface area contributed by atoms with Gasteiger partial charge in [0.2, 0.25) is 0 Å². The lowest BCUT2D eigenvalue weighted by Gasteiger charge is -2.15. The molecule has 0 amide bonds. The van der Waals surface area contributed by atoms with E-state index >= 15 is 0 Å². The van der Waals surface area contributed by atoms with E-state index in [0.717, 1.165) is 12.1 Å². The van der Waals surface area contributed by atoms with Crippen molar-refractivity contribution in [3.8, 4) is 0 Å². The number of hydrogen-bond donors (Lipinski definition) is 3. The molecular formula is C19H27N3O2S. The highest BCUT2D eigenvalue weighted by Crippen LogP contribution is 2.15. The van der Waals surface area contributed by atoms with Crippen molar-refractivity contribution in [3.05, 3.63) is 57.8 Å². The van der Waals surface area contributed by atoms with Crippen LogP contribution in [0.1, 0.15) is 22.2 Å². The summed E-state index contributed by atoms with van der Waals surface area (Å²) in [6.07, 6.45) is -0.587. The Morgan fingerprint density at radius 3 is 2.68 bits per heavy atom. The molecule has 2 aromatic rings. The molecule has 1 unspecified atom stereocenters. The van der Waals surface area contributed by atoms with Crippen LogP contribution in [0.2, 0.25) is 0 Å². The molecule has 0 radical (unpaired) electrons. The van der Waals surface area contributed by atoms with Gasteiger partial charge in [0.15, 0.2) is 5.96 Å². The summed E-state index contributed by atoms with van der Waals surface area (Å²) in [4.78, 5) is 7.06. The van der Waals surface area contributed by atoms with Crippen molar-refractivity contribution in [3.63, 3.8) is 0 Å². The van der Waals surface area contributed by atoms with E-state index < -0.39 is 6.10 Å². The number of rotatable bonds is 9. The monoisotopic (exact) mass is 361 g/mol. The summed E-state index contributed by atoms with van der Waals surface area (Å²) >= 11 is 1.75. The quantitative estimate of drug-likeness (QED) is 0.475. The maximum atomic E-state index is 10.1. The van der Waals surface area contributed by atoms with Gasteiger partial charge in [0.25, 0.3) is 0 Å². The number of ether oxygens (including phenoxy) is 1. The van der Waals surface area contributed by atoms with Gasteiger partial charge in [-0.25, -0.2) is 4.99 Å². The molecule has 6 heteroatoms. The van der Waals surface area contributed by atoms with Crippen LogP contribution >= 0.6 is 11.3 Å². The minimum atomic E-state index is -0.587. The first-order valence-electron chi connectivity index (χ1n) is 8.54. The largest absolute Gasteiger partial charge is 0.389 e. The lowest BCUT2D eigenvalue weighted by atomic mass is 10.2. The van der Waals surface area contributed by atoms with Crippen molar-refractivity contribution < 1.29 is 9.84 Å². The van der Waals surface area contributed by atoms with Crippen LogP contribution in [0.5, 0.6) is 0 Å². The molecule has 0 spiro atoms. The molecule has 5 nitrogen and oxygen atoms in total. The third-order valence-corrected chi connectivity index (χ3v) is 4.45. The second-order valence-electron chi connectivity index (χ2n) is 5.74. The summed E-state index contributed by atoms with van der Waals surface area (Å²) in [6.45, 7) is 6.70. The first kappa shape index (κ1) is 19.4. The second kappa shape index (κ2) is 10.9. The molecule has 0 aliphatic rings. The van der Waals surface area contributed by atoms with Gasteiger partial charge in [0.05, 0.1) is 25.9 Å². The van der Waals surface area contributed by atoms with Crippen molar-refractivity contribution in [2.24, 2.45) is 4.99 Å². The van der Waals surface area contributed by atoms with Crippen molar-refractivity contribution in [2.45, 2.75) is 33.1 Å². The lowest BCUT2D eigenvalue weighted by molar-refractivity contribution is 0.0308. The molecule has 0 aliphatic carbocycles. The fourth-order valence-corrected chi connectivity index (χ4v) is 3.04. The zero-order valence-corrected chi connectivity index (χ0v) is 15.7. The summed E-state index contributed by atoms with van der Waals surface area (Å²) in [5.41, 5.74) is 1.10. The topological polar surface area (TPSA) is 65.9 Å². The third kappa shape index (κ3) is 7.69. The standard InChI is InChI=1S/C19H27N3O2S/c1-3-20-19(22-12-18-10-9-15(2)25-18)21-11-17(23)14-24-13-16-7-5-4-6-8-16/h4-10,17,23H,3,11-14H2,1-2H3,(H2,20,21,22). The number of nitrogens with one attached hydrogen (secondary N) is 2. The summed E-state index contributed by atoms with van der Waals surface area (Å²) < 4.78 is 5.56. The van der Waals surface area contributed by atoms with Crippen molar-refractivity contribution in [1.29, 1.82) is 0 Å². The highest BCUT2D eigenvalue weighted by Gasteiger charge is 2.06. The second-order valence-corrected chi connectivity index (χ2v) is 7.12. The predicted molar refractivity (Wildman–Crippen MR) is 104 cm³/mol. The lowest BCUT2D eigenvalue weighted by Crippen LogP contribution is -2.42. The molecule has 0 aliphatic heterocycles. The summed E-state index contributed by atoms with van der Waals surface area (Å²) in [7, 11) is 0. The highest BCUT2D eigenvalue weighted by atomic mass is 32.1. The van der Waals surface area contributed by atoms with Crippen LogP contribution in [0.15, 0.2) is 47.5 Å². The number of benzene rings is 1. The van der Waals surface area contributed by atoms with Crippen LogP contribution in [-0.4, -0.2) is 36.9 Å². The Morgan fingerprint density at radius 2 is 2.00 bits per heavy atom. The van der Waals surface area contributed by atoms with Gasteiger partial charge in [0, 0.05) is 22.8 Å². The molecule has 0 saturated carbocycles. The summed E-state index contributed by atoms with van der Waals surface area (Å²) in [5, 5.41) is 16.4. The van der Waals surface area contributed by atoms with Gasteiger partial charge < -0.3 is 20.5 Å². The first-order valence-corrected chi connectivity index (χ1v) is 9.36. The van der Waals surface area contributed by atoms with Crippen LogP contribution in [0.3, 0.4) is 0 Å². The SMILES string of the molecule is CCNC(=NCc1ccc(C)s1)NCC(O)COCc1ccccc1. The molecule has 25 heavy (non-hydrogen) atoms. The number of aryl methyl sites for hydroxylation is 1. The van der Waals surface area contributed by atoms with Gasteiger partial charge in [-0.05, 0) is 31.5 Å². The van der Waals surface area contributed by atoms with E-state index in [-0.39, 0.29) is 6.61 Å². The minimum absolute atomic E-state index is 0.283. The van der Waals surface area contributed by atoms with E-state index in [0.29, 0.717) is 25.7 Å². The number of aliphatic imine (C=N–C) groups is 1. The van der Waals surface area contributed by atoms with Crippen molar-refractivity contribution in [1.82, 2.24) is 10.6 Å². The Labute approximate surface area is 153 Å². The molecule has 2 rings (SSSR count). The third-order valence-electron chi connectivity index (χ3n) is 3.46. The average Bonchev–Trinajstić information content (AvgIpc) is 3.04. The predicted octanol–water partition coefficient (Wildman–Crippen LogP) is 2.69. The minimum Gasteiger partial charge on any atom is -0.389 e. The zero-order chi connectivity index (χ0) is 17.9. The number of aliphatic hydroxyl groups is 1. The van der Waals surface area contributed by atoms with E-state index in [1.165, 1.54) is 9.75 Å². The molecular weight excluding hydrogens is 334 g/mol. The van der Waals surface area contributed by atoms with Gasteiger partial charge in [-0.15, -0.1) is 11.3 Å². The molecule has 0 saturated heterocycles. The highest BCUT2D eigenvalue weighted by molar-refractivity contribution is 7.11. The van der Waals surface area contributed by atoms with Crippen molar-refractivity contribution >= 4 is 17.3 Å². The smallest absolute Gasteiger partial charge is 0.191 e. The van der Waals surface area contributed by atoms with E-state index in [1.807, 2.05) is 37.3 Å². The summed E-state index contributed by atoms with van der Waals surface area (Å²) in [6, 6.07) is 14.1. The van der Waals surface area contributed by atoms with Gasteiger partial charge in [-0.1, -0.05) is 30.3 Å². The molecule has 1 atom stereocenters. The Bertz CT molecular complexity index is 643. The van der Waals surface area contributed by atoms with E-state index in [4.69, 9.17) is 4.74 Å². The van der Waals surface area contributed by atoms with Crippen molar-refractivity contribution in [2.75, 3.05) is 19.7 Å². The number of hydrogen-bond acceptors (Lipinski definition) is 4. The first-order chi connectivity index (χ1) is 12.2. The fourth-order valence-electron chi connectivity index (χ4n) is 2.23. The Morgan fingerprint density at radius 1 is 1.20 bits per heavy atom. The molecule has 0 bridgehead atoms. The summed E-state index contributed by atoms with van der Waals surface area (Å²) in [5.74, 6) is 0.704. The van der Waals surface area contributed by atoms with Gasteiger partial charge in [0.1, 0.15) is 0 Å². The van der Waals surface area contributed by atoms with Gasteiger partial charge in [-0.3, -0.25) is 0 Å². The maximum absolute atomic E-state index is 10.1. The molecule has 1 aromatic carbocycles. The maximum Gasteiger partial charge on any atom is 0.191 e. The van der Waals surface area contributed by atoms with E-state index in [2.05, 4.69) is 34.7 Å². The molecule has 136 valence electrons. The zero-order valence-electron chi connectivity index (χ0n) is 14.9. The molecule has 1 aromatic heterocycles. The Balaban J connectivity index is 1.71. The molecule has 1 heterocycles. The van der Waals surface area contributed by atoms with Crippen LogP contribution < -0.4 is 10.6 Å². The number of thiophene rings is 1. The average molecular weight is 362 g/mol. The van der Waals surface area contributed by atoms with Gasteiger partial charge in [-0.2, -0.15) is 0 Å². The van der Waals surface area contributed by atoms with Crippen LogP contribution in [0.4, 0.5) is 0 Å². The van der Waals surface area contributed by atoms with Crippen LogP contribution in [0.25, 0.3) is 0 Å². The molecule has 3 N–H and O–H groups in total. The fraction of sp³-hybridized carbons (Fsp3) is 0.421. The number of guanidine groups is 1. The van der Waals surface area contributed by atoms with E-state index in [1.54, 1.807) is 11.3 Å². The molecule has 0 fully saturated rings. The van der Waals surface area contributed by atoms with Gasteiger partial charge >= 0.3 is 0 Å². The normalized spacial score (nSPS) is 12.8. The van der Waals surface area contributed by atoms with Crippen LogP contribution in [-0.2, 0) is 17.9 Å². The van der Waals surface area contributed by atoms with E-state index in [9.17, 15) is 5.11 Å². The Hall–Kier alpha value is -1.89. The Kier molecular flexibility index (Phi) is 8.45. The number of nitrogens with zero attached hydrogens (tertiary/aromatic N) is 1. The number of aliphatic hydroxyl groups excluding tert-OH is 1.